The maximum atomic E-state index is 12.1. The van der Waals surface area contributed by atoms with Crippen molar-refractivity contribution in [2.75, 3.05) is 0 Å². The molecule has 0 heterocycles. The van der Waals surface area contributed by atoms with Crippen LogP contribution in [0.4, 0.5) is 13.2 Å². The molecule has 1 fully saturated rings. The predicted molar refractivity (Wildman–Crippen MR) is 41.9 cm³/mol. The van der Waals surface area contributed by atoms with Crippen molar-refractivity contribution in [2.45, 2.75) is 51.6 Å². The number of halogens is 3. The number of rotatable bonds is 2. The smallest absolute Gasteiger partial charge is 0.171 e. The maximum Gasteiger partial charge on any atom is 0.389 e. The second kappa shape index (κ2) is 3.27. The van der Waals surface area contributed by atoms with E-state index >= 15 is 0 Å². The van der Waals surface area contributed by atoms with E-state index in [2.05, 4.69) is 0 Å². The topological polar surface area (TPSA) is 0 Å². The summed E-state index contributed by atoms with van der Waals surface area (Å²) in [4.78, 5) is 0. The van der Waals surface area contributed by atoms with Crippen LogP contribution in [-0.2, 0) is 0 Å². The summed E-state index contributed by atoms with van der Waals surface area (Å²) in [6, 6.07) is 0. The maximum absolute atomic E-state index is 12.1. The zero-order chi connectivity index (χ0) is 9.24. The molecule has 3 heteroatoms. The van der Waals surface area contributed by atoms with Gasteiger partial charge in [-0.25, -0.2) is 0 Å². The van der Waals surface area contributed by atoms with Crippen molar-refractivity contribution in [1.82, 2.24) is 0 Å². The first-order valence-electron chi connectivity index (χ1n) is 4.54. The van der Waals surface area contributed by atoms with Gasteiger partial charge in [-0.3, -0.25) is 0 Å². The average Bonchev–Trinajstić information content (AvgIpc) is 2.34. The lowest BCUT2D eigenvalue weighted by Gasteiger charge is -2.28. The van der Waals surface area contributed by atoms with E-state index in [1.165, 1.54) is 0 Å². The SMILES string of the molecule is CCC1(CC(F)(F)F)CCCC1. The molecule has 0 bridgehead atoms. The molecular formula is C9H15F3. The Balaban J connectivity index is 2.55. The van der Waals surface area contributed by atoms with Crippen LogP contribution >= 0.6 is 0 Å². The molecule has 0 aromatic carbocycles. The fourth-order valence-corrected chi connectivity index (χ4v) is 2.21. The number of hydrogen-bond donors (Lipinski definition) is 0. The first kappa shape index (κ1) is 9.87. The second-order valence-electron chi connectivity index (χ2n) is 3.85. The van der Waals surface area contributed by atoms with Crippen LogP contribution in [0.2, 0.25) is 0 Å². The van der Waals surface area contributed by atoms with Crippen LogP contribution in [0.15, 0.2) is 0 Å². The summed E-state index contributed by atoms with van der Waals surface area (Å²) in [5, 5.41) is 0. The third-order valence-electron chi connectivity index (χ3n) is 2.99. The first-order chi connectivity index (χ1) is 5.47. The van der Waals surface area contributed by atoms with Gasteiger partial charge >= 0.3 is 6.18 Å². The number of alkyl halides is 3. The van der Waals surface area contributed by atoms with Gasteiger partial charge in [-0.15, -0.1) is 0 Å². The summed E-state index contributed by atoms with van der Waals surface area (Å²) < 4.78 is 36.4. The molecule has 0 aromatic heterocycles. The lowest BCUT2D eigenvalue weighted by Crippen LogP contribution is -2.24. The predicted octanol–water partition coefficient (Wildman–Crippen LogP) is 3.91. The van der Waals surface area contributed by atoms with Crippen LogP contribution in [0.25, 0.3) is 0 Å². The third kappa shape index (κ3) is 2.39. The molecule has 0 atom stereocenters. The third-order valence-corrected chi connectivity index (χ3v) is 2.99. The van der Waals surface area contributed by atoms with Gasteiger partial charge in [0.05, 0.1) is 0 Å². The Kier molecular flexibility index (Phi) is 2.69. The number of hydrogen-bond acceptors (Lipinski definition) is 0. The van der Waals surface area contributed by atoms with Crippen molar-refractivity contribution >= 4 is 0 Å². The largest absolute Gasteiger partial charge is 0.389 e. The Morgan fingerprint density at radius 1 is 1.17 bits per heavy atom. The molecule has 72 valence electrons. The average molecular weight is 180 g/mol. The second-order valence-corrected chi connectivity index (χ2v) is 3.85. The van der Waals surface area contributed by atoms with Crippen LogP contribution in [-0.4, -0.2) is 6.18 Å². The Hall–Kier alpha value is -0.210. The Morgan fingerprint density at radius 2 is 1.67 bits per heavy atom. The summed E-state index contributed by atoms with van der Waals surface area (Å²) in [5.41, 5.74) is -0.405. The van der Waals surface area contributed by atoms with E-state index < -0.39 is 18.0 Å². The van der Waals surface area contributed by atoms with E-state index in [4.69, 9.17) is 0 Å². The summed E-state index contributed by atoms with van der Waals surface area (Å²) in [6.07, 6.45) is -0.386. The van der Waals surface area contributed by atoms with Crippen LogP contribution < -0.4 is 0 Å². The molecule has 0 amide bonds. The van der Waals surface area contributed by atoms with E-state index in [1.54, 1.807) is 0 Å². The van der Waals surface area contributed by atoms with E-state index in [9.17, 15) is 13.2 Å². The van der Waals surface area contributed by atoms with Crippen molar-refractivity contribution in [3.63, 3.8) is 0 Å². The molecule has 0 saturated heterocycles. The minimum absolute atomic E-state index is 0.405. The van der Waals surface area contributed by atoms with Crippen LogP contribution in [0.5, 0.6) is 0 Å². The van der Waals surface area contributed by atoms with Crippen molar-refractivity contribution in [3.8, 4) is 0 Å². The Labute approximate surface area is 71.1 Å². The molecule has 0 spiro atoms. The van der Waals surface area contributed by atoms with Gasteiger partial charge in [-0.1, -0.05) is 26.2 Å². The van der Waals surface area contributed by atoms with E-state index in [0.717, 1.165) is 25.7 Å². The van der Waals surface area contributed by atoms with E-state index in [0.29, 0.717) is 6.42 Å². The Bertz CT molecular complexity index is 142. The highest BCUT2D eigenvalue weighted by molar-refractivity contribution is 4.85. The highest BCUT2D eigenvalue weighted by atomic mass is 19.4. The molecule has 0 radical (unpaired) electrons. The van der Waals surface area contributed by atoms with Gasteiger partial charge in [-0.2, -0.15) is 13.2 Å². The lowest BCUT2D eigenvalue weighted by molar-refractivity contribution is -0.158. The standard InChI is InChI=1S/C9H15F3/c1-2-8(5-3-4-6-8)7-9(10,11)12/h2-7H2,1H3. The van der Waals surface area contributed by atoms with Gasteiger partial charge in [0, 0.05) is 6.42 Å². The van der Waals surface area contributed by atoms with Gasteiger partial charge in [0.1, 0.15) is 0 Å². The molecule has 12 heavy (non-hydrogen) atoms. The molecule has 0 aliphatic heterocycles. The van der Waals surface area contributed by atoms with Crippen molar-refractivity contribution in [1.29, 1.82) is 0 Å². The van der Waals surface area contributed by atoms with Gasteiger partial charge in [0.15, 0.2) is 0 Å². The molecule has 1 aliphatic rings. The monoisotopic (exact) mass is 180 g/mol. The molecule has 0 N–H and O–H groups in total. The first-order valence-corrected chi connectivity index (χ1v) is 4.54. The molecule has 1 aliphatic carbocycles. The highest BCUT2D eigenvalue weighted by Crippen LogP contribution is 2.48. The summed E-state index contributed by atoms with van der Waals surface area (Å²) >= 11 is 0. The van der Waals surface area contributed by atoms with E-state index in [1.807, 2.05) is 6.92 Å². The molecular weight excluding hydrogens is 165 g/mol. The van der Waals surface area contributed by atoms with E-state index in [-0.39, 0.29) is 0 Å². The van der Waals surface area contributed by atoms with Gasteiger partial charge in [-0.05, 0) is 18.3 Å². The summed E-state index contributed by atoms with van der Waals surface area (Å²) in [7, 11) is 0. The zero-order valence-electron chi connectivity index (χ0n) is 7.38. The lowest BCUT2D eigenvalue weighted by atomic mass is 9.80. The fourth-order valence-electron chi connectivity index (χ4n) is 2.21. The zero-order valence-corrected chi connectivity index (χ0v) is 7.38. The minimum Gasteiger partial charge on any atom is -0.171 e. The van der Waals surface area contributed by atoms with Crippen molar-refractivity contribution in [3.05, 3.63) is 0 Å². The van der Waals surface area contributed by atoms with Gasteiger partial charge in [0.25, 0.3) is 0 Å². The van der Waals surface area contributed by atoms with Gasteiger partial charge < -0.3 is 0 Å². The van der Waals surface area contributed by atoms with Crippen molar-refractivity contribution in [2.24, 2.45) is 5.41 Å². The molecule has 0 nitrogen and oxygen atoms in total. The molecule has 0 unspecified atom stereocenters. The quantitative estimate of drug-likeness (QED) is 0.604. The Morgan fingerprint density at radius 3 is 2.00 bits per heavy atom. The van der Waals surface area contributed by atoms with Crippen LogP contribution in [0.3, 0.4) is 0 Å². The highest BCUT2D eigenvalue weighted by Gasteiger charge is 2.42. The minimum atomic E-state index is -3.97. The molecule has 1 rings (SSSR count). The molecule has 0 aromatic rings. The summed E-state index contributed by atoms with van der Waals surface area (Å²) in [6.45, 7) is 1.87. The summed E-state index contributed by atoms with van der Waals surface area (Å²) in [5.74, 6) is 0. The van der Waals surface area contributed by atoms with Crippen LogP contribution in [0, 0.1) is 5.41 Å². The van der Waals surface area contributed by atoms with Crippen LogP contribution in [0.1, 0.15) is 45.4 Å². The van der Waals surface area contributed by atoms with Gasteiger partial charge in [0.2, 0.25) is 0 Å². The molecule has 1 saturated carbocycles. The normalized spacial score (nSPS) is 23.0. The fraction of sp³-hybridized carbons (Fsp3) is 1.00. The van der Waals surface area contributed by atoms with Crippen molar-refractivity contribution < 1.29 is 13.2 Å².